The second kappa shape index (κ2) is 3.08. The van der Waals surface area contributed by atoms with Gasteiger partial charge in [-0.1, -0.05) is 0 Å². The highest BCUT2D eigenvalue weighted by Crippen LogP contribution is 2.10. The summed E-state index contributed by atoms with van der Waals surface area (Å²) in [4.78, 5) is 24.8. The van der Waals surface area contributed by atoms with Crippen molar-refractivity contribution in [1.82, 2.24) is 15.2 Å². The molecule has 3 amide bonds. The molecule has 12 heavy (non-hydrogen) atoms. The van der Waals surface area contributed by atoms with Crippen LogP contribution in [0.4, 0.5) is 4.79 Å². The number of hydrazine groups is 1. The van der Waals surface area contributed by atoms with Gasteiger partial charge in [0, 0.05) is 14.1 Å². The summed E-state index contributed by atoms with van der Waals surface area (Å²) in [6.07, 6.45) is -0.170. The average Bonchev–Trinajstić information content (AvgIpc) is 2.08. The first kappa shape index (κ1) is 8.95. The van der Waals surface area contributed by atoms with Crippen molar-refractivity contribution in [3.63, 3.8) is 0 Å². The number of amides is 3. The predicted octanol–water partition coefficient (Wildman–Crippen LogP) is -1.31. The van der Waals surface area contributed by atoms with E-state index in [1.165, 1.54) is 11.9 Å². The molecule has 1 atom stereocenters. The first-order chi connectivity index (χ1) is 5.57. The van der Waals surface area contributed by atoms with E-state index >= 15 is 0 Å². The van der Waals surface area contributed by atoms with Gasteiger partial charge in [0.2, 0.25) is 5.91 Å². The van der Waals surface area contributed by atoms with Gasteiger partial charge in [-0.05, 0) is 0 Å². The highest BCUT2D eigenvalue weighted by Gasteiger charge is 2.33. The predicted molar refractivity (Wildman–Crippen MR) is 41.7 cm³/mol. The highest BCUT2D eigenvalue weighted by atomic mass is 16.2. The SMILES string of the molecule is CN1C(=O)CC(NN)N(C)C1=O. The van der Waals surface area contributed by atoms with Crippen LogP contribution in [0.1, 0.15) is 6.42 Å². The molecule has 1 rings (SSSR count). The average molecular weight is 172 g/mol. The van der Waals surface area contributed by atoms with E-state index < -0.39 is 0 Å². The molecular weight excluding hydrogens is 160 g/mol. The van der Waals surface area contributed by atoms with Gasteiger partial charge in [-0.25, -0.2) is 10.2 Å². The van der Waals surface area contributed by atoms with Crippen molar-refractivity contribution in [2.24, 2.45) is 5.84 Å². The van der Waals surface area contributed by atoms with Crippen LogP contribution in [0.25, 0.3) is 0 Å². The number of urea groups is 1. The van der Waals surface area contributed by atoms with Gasteiger partial charge in [0.15, 0.2) is 0 Å². The number of nitrogens with one attached hydrogen (secondary N) is 1. The third-order valence-corrected chi connectivity index (χ3v) is 1.99. The van der Waals surface area contributed by atoms with Crippen molar-refractivity contribution >= 4 is 11.9 Å². The third kappa shape index (κ3) is 1.26. The number of rotatable bonds is 1. The molecule has 68 valence electrons. The fourth-order valence-electron chi connectivity index (χ4n) is 1.09. The minimum atomic E-state index is -0.388. The Morgan fingerprint density at radius 3 is 2.58 bits per heavy atom. The lowest BCUT2D eigenvalue weighted by Crippen LogP contribution is -2.60. The monoisotopic (exact) mass is 172 g/mol. The van der Waals surface area contributed by atoms with Gasteiger partial charge >= 0.3 is 6.03 Å². The maximum atomic E-state index is 11.2. The largest absolute Gasteiger partial charge is 0.327 e. The summed E-state index contributed by atoms with van der Waals surface area (Å²) in [5.74, 6) is 4.93. The van der Waals surface area contributed by atoms with E-state index in [0.29, 0.717) is 0 Å². The fourth-order valence-corrected chi connectivity index (χ4v) is 1.09. The molecular formula is C6H12N4O2. The van der Waals surface area contributed by atoms with Gasteiger partial charge in [0.05, 0.1) is 6.42 Å². The molecule has 6 heteroatoms. The molecule has 0 aromatic heterocycles. The molecule has 6 nitrogen and oxygen atoms in total. The molecule has 1 unspecified atom stereocenters. The first-order valence-corrected chi connectivity index (χ1v) is 3.57. The van der Waals surface area contributed by atoms with E-state index in [-0.39, 0.29) is 24.5 Å². The maximum Gasteiger partial charge on any atom is 0.327 e. The van der Waals surface area contributed by atoms with Crippen molar-refractivity contribution in [3.05, 3.63) is 0 Å². The minimum Gasteiger partial charge on any atom is -0.310 e. The lowest BCUT2D eigenvalue weighted by Gasteiger charge is -2.35. The van der Waals surface area contributed by atoms with Crippen molar-refractivity contribution in [3.8, 4) is 0 Å². The van der Waals surface area contributed by atoms with E-state index in [2.05, 4.69) is 5.43 Å². The van der Waals surface area contributed by atoms with Crippen LogP contribution in [0.5, 0.6) is 0 Å². The van der Waals surface area contributed by atoms with Crippen LogP contribution in [0.15, 0.2) is 0 Å². The topological polar surface area (TPSA) is 78.7 Å². The van der Waals surface area contributed by atoms with Crippen molar-refractivity contribution in [1.29, 1.82) is 0 Å². The summed E-state index contributed by atoms with van der Waals surface area (Å²) in [5.41, 5.74) is 2.39. The zero-order chi connectivity index (χ0) is 9.30. The molecule has 0 bridgehead atoms. The Morgan fingerprint density at radius 1 is 1.50 bits per heavy atom. The standard InChI is InChI=1S/C6H12N4O2/c1-9-4(8-7)3-5(11)10(2)6(9)12/h4,8H,3,7H2,1-2H3. The van der Waals surface area contributed by atoms with E-state index in [1.807, 2.05) is 0 Å². The normalized spacial score (nSPS) is 25.1. The zero-order valence-electron chi connectivity index (χ0n) is 7.07. The summed E-state index contributed by atoms with van der Waals surface area (Å²) in [5, 5.41) is 0. The number of carbonyl (C=O) groups excluding carboxylic acids is 2. The number of hydrogen-bond donors (Lipinski definition) is 2. The third-order valence-electron chi connectivity index (χ3n) is 1.99. The Balaban J connectivity index is 2.77. The Kier molecular flexibility index (Phi) is 2.30. The van der Waals surface area contributed by atoms with E-state index in [1.54, 1.807) is 7.05 Å². The second-order valence-electron chi connectivity index (χ2n) is 2.73. The number of carbonyl (C=O) groups is 2. The summed E-state index contributed by atoms with van der Waals surface area (Å²) in [6, 6.07) is -0.339. The first-order valence-electron chi connectivity index (χ1n) is 3.57. The summed E-state index contributed by atoms with van der Waals surface area (Å²) >= 11 is 0. The highest BCUT2D eigenvalue weighted by molar-refractivity contribution is 5.96. The van der Waals surface area contributed by atoms with Gasteiger partial charge in [0.1, 0.15) is 6.17 Å². The molecule has 1 saturated heterocycles. The smallest absolute Gasteiger partial charge is 0.310 e. The summed E-state index contributed by atoms with van der Waals surface area (Å²) < 4.78 is 0. The van der Waals surface area contributed by atoms with Gasteiger partial charge in [0.25, 0.3) is 0 Å². The minimum absolute atomic E-state index is 0.217. The Hall–Kier alpha value is -1.14. The summed E-state index contributed by atoms with van der Waals surface area (Å²) in [6.45, 7) is 0. The van der Waals surface area contributed by atoms with Crippen LogP contribution in [-0.4, -0.2) is 42.0 Å². The van der Waals surface area contributed by atoms with Gasteiger partial charge in [-0.2, -0.15) is 0 Å². The second-order valence-corrected chi connectivity index (χ2v) is 2.73. The van der Waals surface area contributed by atoms with Crippen LogP contribution in [-0.2, 0) is 4.79 Å². The molecule has 1 heterocycles. The van der Waals surface area contributed by atoms with Crippen molar-refractivity contribution in [2.45, 2.75) is 12.6 Å². The fraction of sp³-hybridized carbons (Fsp3) is 0.667. The number of nitrogens with zero attached hydrogens (tertiary/aromatic N) is 2. The number of hydrogen-bond acceptors (Lipinski definition) is 4. The van der Waals surface area contributed by atoms with E-state index in [9.17, 15) is 9.59 Å². The van der Waals surface area contributed by atoms with Gasteiger partial charge in [-0.3, -0.25) is 15.5 Å². The Labute approximate surface area is 70.3 Å². The Bertz CT molecular complexity index is 218. The molecule has 0 aliphatic carbocycles. The van der Waals surface area contributed by atoms with Crippen LogP contribution in [0.2, 0.25) is 0 Å². The van der Waals surface area contributed by atoms with Crippen molar-refractivity contribution in [2.75, 3.05) is 14.1 Å². The van der Waals surface area contributed by atoms with Gasteiger partial charge in [-0.15, -0.1) is 0 Å². The zero-order valence-corrected chi connectivity index (χ0v) is 7.07. The van der Waals surface area contributed by atoms with E-state index in [4.69, 9.17) is 5.84 Å². The van der Waals surface area contributed by atoms with Crippen LogP contribution < -0.4 is 11.3 Å². The van der Waals surface area contributed by atoms with E-state index in [0.717, 1.165) is 4.90 Å². The van der Waals surface area contributed by atoms with Crippen LogP contribution >= 0.6 is 0 Å². The number of nitrogens with two attached hydrogens (primary N) is 1. The molecule has 1 aliphatic rings. The van der Waals surface area contributed by atoms with Crippen molar-refractivity contribution < 1.29 is 9.59 Å². The maximum absolute atomic E-state index is 11.2. The molecule has 1 fully saturated rings. The van der Waals surface area contributed by atoms with Gasteiger partial charge < -0.3 is 4.90 Å². The summed E-state index contributed by atoms with van der Waals surface area (Å²) in [7, 11) is 3.05. The van der Waals surface area contributed by atoms with Crippen LogP contribution in [0, 0.1) is 0 Å². The molecule has 0 aromatic carbocycles. The molecule has 1 aliphatic heterocycles. The lowest BCUT2D eigenvalue weighted by atomic mass is 10.2. The van der Waals surface area contributed by atoms with Crippen LogP contribution in [0.3, 0.4) is 0 Å². The molecule has 3 N–H and O–H groups in total. The molecule has 0 radical (unpaired) electrons. The molecule has 0 spiro atoms. The quantitative estimate of drug-likeness (QED) is 0.380. The molecule has 0 aromatic rings. The Morgan fingerprint density at radius 2 is 2.08 bits per heavy atom. The lowest BCUT2D eigenvalue weighted by molar-refractivity contribution is -0.131. The molecule has 0 saturated carbocycles. The number of imide groups is 1.